The molecule has 8 nitrogen and oxygen atoms in total. The molecule has 1 atom stereocenters. The molecule has 0 saturated carbocycles. The van der Waals surface area contributed by atoms with E-state index in [0.29, 0.717) is 18.5 Å². The maximum Gasteiger partial charge on any atom is 0.295 e. The van der Waals surface area contributed by atoms with Gasteiger partial charge in [0.1, 0.15) is 11.6 Å². The topological polar surface area (TPSA) is 98.2 Å². The molecule has 0 aliphatic carbocycles. The van der Waals surface area contributed by atoms with Crippen LogP contribution in [0.1, 0.15) is 23.6 Å². The van der Waals surface area contributed by atoms with Gasteiger partial charge >= 0.3 is 0 Å². The average molecular weight is 490 g/mol. The summed E-state index contributed by atoms with van der Waals surface area (Å²) in [5.74, 6) is -2.48. The number of rotatable bonds is 8. The van der Waals surface area contributed by atoms with Crippen molar-refractivity contribution in [3.05, 3.63) is 71.0 Å². The van der Waals surface area contributed by atoms with Crippen molar-refractivity contribution in [1.29, 1.82) is 0 Å². The average Bonchev–Trinajstić information content (AvgIpc) is 3.04. The van der Waals surface area contributed by atoms with Crippen molar-refractivity contribution in [1.82, 2.24) is 14.1 Å². The molecule has 0 spiro atoms. The second-order valence-electron chi connectivity index (χ2n) is 8.51. The molecule has 1 N–H and O–H groups in total. The predicted molar refractivity (Wildman–Crippen MR) is 126 cm³/mol. The number of nitrogens with zero attached hydrogens (tertiary/aromatic N) is 3. The fourth-order valence-electron chi connectivity index (χ4n) is 3.81. The Hall–Kier alpha value is -3.08. The van der Waals surface area contributed by atoms with E-state index in [1.165, 1.54) is 67.5 Å². The molecule has 1 fully saturated rings. The molecule has 10 heteroatoms. The number of aliphatic hydroxyl groups excluding tert-OH is 1. The van der Waals surface area contributed by atoms with Gasteiger partial charge in [0.25, 0.3) is 11.7 Å². The number of sulfonamides is 1. The third-order valence-electron chi connectivity index (χ3n) is 5.64. The van der Waals surface area contributed by atoms with Crippen LogP contribution < -0.4 is 0 Å². The number of benzene rings is 2. The molecule has 1 heterocycles. The Bertz CT molecular complexity index is 1210. The number of likely N-dealkylation sites (tertiary alicyclic amines) is 1. The normalized spacial score (nSPS) is 18.3. The summed E-state index contributed by atoms with van der Waals surface area (Å²) in [5, 5.41) is 11.1. The molecule has 0 bridgehead atoms. The molecule has 1 aliphatic rings. The fraction of sp³-hybridized carbons (Fsp3) is 0.333. The lowest BCUT2D eigenvalue weighted by Gasteiger charge is -2.26. The van der Waals surface area contributed by atoms with Crippen LogP contribution >= 0.6 is 0 Å². The van der Waals surface area contributed by atoms with Crippen LogP contribution in [0, 0.1) is 5.82 Å². The first kappa shape index (κ1) is 25.5. The van der Waals surface area contributed by atoms with E-state index in [1.807, 2.05) is 19.0 Å². The van der Waals surface area contributed by atoms with Crippen molar-refractivity contribution in [2.24, 2.45) is 0 Å². The van der Waals surface area contributed by atoms with Gasteiger partial charge in [-0.15, -0.1) is 0 Å². The Morgan fingerprint density at radius 3 is 2.12 bits per heavy atom. The maximum atomic E-state index is 13.6. The first-order valence-corrected chi connectivity index (χ1v) is 12.1. The van der Waals surface area contributed by atoms with Crippen LogP contribution in [0.5, 0.6) is 0 Å². The largest absolute Gasteiger partial charge is 0.507 e. The van der Waals surface area contributed by atoms with E-state index in [2.05, 4.69) is 0 Å². The first-order chi connectivity index (χ1) is 15.9. The minimum Gasteiger partial charge on any atom is -0.507 e. The highest BCUT2D eigenvalue weighted by Gasteiger charge is 2.45. The van der Waals surface area contributed by atoms with Crippen LogP contribution in [-0.2, 0) is 19.6 Å². The lowest BCUT2D eigenvalue weighted by molar-refractivity contribution is -0.139. The molecule has 182 valence electrons. The Morgan fingerprint density at radius 1 is 1.00 bits per heavy atom. The van der Waals surface area contributed by atoms with Crippen LogP contribution in [0.2, 0.25) is 0 Å². The summed E-state index contributed by atoms with van der Waals surface area (Å²) in [4.78, 5) is 29.3. The minimum atomic E-state index is -3.68. The van der Waals surface area contributed by atoms with Crippen LogP contribution in [0.3, 0.4) is 0 Å². The van der Waals surface area contributed by atoms with Gasteiger partial charge in [0.05, 0.1) is 16.5 Å². The zero-order valence-electron chi connectivity index (χ0n) is 19.5. The summed E-state index contributed by atoms with van der Waals surface area (Å²) in [6.07, 6.45) is 0.592. The van der Waals surface area contributed by atoms with Crippen molar-refractivity contribution in [2.45, 2.75) is 17.4 Å². The Morgan fingerprint density at radius 2 is 1.59 bits per heavy atom. The second-order valence-corrected chi connectivity index (χ2v) is 10.7. The highest BCUT2D eigenvalue weighted by atomic mass is 32.2. The zero-order chi connectivity index (χ0) is 25.2. The van der Waals surface area contributed by atoms with E-state index in [0.717, 1.165) is 4.31 Å². The van der Waals surface area contributed by atoms with E-state index < -0.39 is 39.3 Å². The molecular formula is C24H28FN3O5S. The maximum absolute atomic E-state index is 13.6. The quantitative estimate of drug-likeness (QED) is 0.348. The number of carbonyl (C=O) groups is 2. The van der Waals surface area contributed by atoms with E-state index in [-0.39, 0.29) is 22.6 Å². The number of carbonyl (C=O) groups excluding carboxylic acids is 2. The van der Waals surface area contributed by atoms with Gasteiger partial charge in [-0.05, 0) is 69.0 Å². The smallest absolute Gasteiger partial charge is 0.295 e. The molecule has 0 radical (unpaired) electrons. The monoisotopic (exact) mass is 489 g/mol. The van der Waals surface area contributed by atoms with E-state index in [9.17, 15) is 27.5 Å². The Kier molecular flexibility index (Phi) is 7.54. The summed E-state index contributed by atoms with van der Waals surface area (Å²) < 4.78 is 39.3. The highest BCUT2D eigenvalue weighted by Crippen LogP contribution is 2.39. The molecule has 0 aromatic heterocycles. The molecule has 1 saturated heterocycles. The number of ketones is 1. The van der Waals surface area contributed by atoms with Crippen molar-refractivity contribution in [3.63, 3.8) is 0 Å². The fourth-order valence-corrected chi connectivity index (χ4v) is 4.71. The molecule has 1 amide bonds. The van der Waals surface area contributed by atoms with Gasteiger partial charge in [-0.2, -0.15) is 0 Å². The lowest BCUT2D eigenvalue weighted by atomic mass is 9.95. The van der Waals surface area contributed by atoms with E-state index in [4.69, 9.17) is 0 Å². The van der Waals surface area contributed by atoms with Crippen LogP contribution in [0.15, 0.2) is 59.0 Å². The summed E-state index contributed by atoms with van der Waals surface area (Å²) in [5.41, 5.74) is 0.555. The molecule has 3 rings (SSSR count). The van der Waals surface area contributed by atoms with Gasteiger partial charge in [0.2, 0.25) is 10.0 Å². The standard InChI is InChI=1S/C24H28FN3O5S/c1-26(2)14-5-15-28-21(16-6-10-18(25)11-7-16)20(23(30)24(28)31)22(29)17-8-12-19(13-9-17)34(32,33)27(3)4/h6-13,21,29H,5,14-15H2,1-4H3/b22-20-. The van der Waals surface area contributed by atoms with E-state index in [1.54, 1.807) is 0 Å². The third kappa shape index (κ3) is 5.03. The second kappa shape index (κ2) is 10.0. The molecule has 2 aromatic rings. The van der Waals surface area contributed by atoms with Gasteiger partial charge in [-0.25, -0.2) is 17.1 Å². The Balaban J connectivity index is 2.08. The molecule has 34 heavy (non-hydrogen) atoms. The predicted octanol–water partition coefficient (Wildman–Crippen LogP) is 2.45. The van der Waals surface area contributed by atoms with E-state index >= 15 is 0 Å². The van der Waals surface area contributed by atoms with Gasteiger partial charge in [0.15, 0.2) is 0 Å². The number of hydrogen-bond acceptors (Lipinski definition) is 6. The number of Topliss-reactive ketones (excluding diaryl/α,β-unsaturated/α-hetero) is 1. The molecule has 1 unspecified atom stereocenters. The van der Waals surface area contributed by atoms with Crippen molar-refractivity contribution < 1.29 is 27.5 Å². The third-order valence-corrected chi connectivity index (χ3v) is 7.47. The molecule has 2 aromatic carbocycles. The summed E-state index contributed by atoms with van der Waals surface area (Å²) in [6, 6.07) is 9.93. The molecule has 1 aliphatic heterocycles. The minimum absolute atomic E-state index is 0.0215. The van der Waals surface area contributed by atoms with Gasteiger partial charge < -0.3 is 14.9 Å². The zero-order valence-corrected chi connectivity index (χ0v) is 20.3. The molecular weight excluding hydrogens is 461 g/mol. The number of amides is 1. The first-order valence-electron chi connectivity index (χ1n) is 10.7. The van der Waals surface area contributed by atoms with Crippen LogP contribution in [0.25, 0.3) is 5.76 Å². The van der Waals surface area contributed by atoms with Crippen molar-refractivity contribution in [2.75, 3.05) is 41.3 Å². The van der Waals surface area contributed by atoms with Gasteiger partial charge in [-0.3, -0.25) is 9.59 Å². The lowest BCUT2D eigenvalue weighted by Crippen LogP contribution is -2.32. The summed E-state index contributed by atoms with van der Waals surface area (Å²) in [7, 11) is 2.93. The van der Waals surface area contributed by atoms with Crippen LogP contribution in [0.4, 0.5) is 4.39 Å². The van der Waals surface area contributed by atoms with Crippen molar-refractivity contribution in [3.8, 4) is 0 Å². The number of halogens is 1. The highest BCUT2D eigenvalue weighted by molar-refractivity contribution is 7.89. The van der Waals surface area contributed by atoms with Gasteiger partial charge in [-0.1, -0.05) is 12.1 Å². The Labute approximate surface area is 198 Å². The van der Waals surface area contributed by atoms with Gasteiger partial charge in [0, 0.05) is 26.2 Å². The number of aliphatic hydroxyl groups is 1. The summed E-state index contributed by atoms with van der Waals surface area (Å²) in [6.45, 7) is 0.947. The SMILES string of the molecule is CN(C)CCCN1C(=O)C(=O)/C(=C(\O)c2ccc(S(=O)(=O)N(C)C)cc2)C1c1ccc(F)cc1. The van der Waals surface area contributed by atoms with Crippen molar-refractivity contribution >= 4 is 27.5 Å². The van der Waals surface area contributed by atoms with Crippen LogP contribution in [-0.4, -0.2) is 80.6 Å². The summed E-state index contributed by atoms with van der Waals surface area (Å²) >= 11 is 0. The number of hydrogen-bond donors (Lipinski definition) is 1.